The van der Waals surface area contributed by atoms with Gasteiger partial charge in [0.05, 0.1) is 10.0 Å². The van der Waals surface area contributed by atoms with Gasteiger partial charge in [0.25, 0.3) is 0 Å². The molecule has 4 heteroatoms. The number of halogens is 1. The maximum atomic E-state index is 11.2. The number of hydrogen-bond donors (Lipinski definition) is 1. The number of rotatable bonds is 2. The van der Waals surface area contributed by atoms with Crippen LogP contribution in [0.5, 0.6) is 5.75 Å². The van der Waals surface area contributed by atoms with Crippen molar-refractivity contribution in [2.45, 2.75) is 33.3 Å². The zero-order valence-electron chi connectivity index (χ0n) is 11.5. The molecule has 0 aliphatic carbocycles. The highest BCUT2D eigenvalue weighted by Crippen LogP contribution is 2.44. The number of allylic oxidation sites excluding steroid dienone is 1. The first-order valence-corrected chi connectivity index (χ1v) is 6.99. The van der Waals surface area contributed by atoms with Gasteiger partial charge in [-0.25, -0.2) is 4.79 Å². The summed E-state index contributed by atoms with van der Waals surface area (Å²) in [4.78, 5) is 11.2. The van der Waals surface area contributed by atoms with Crippen LogP contribution in [-0.2, 0) is 0 Å². The van der Waals surface area contributed by atoms with Crippen LogP contribution >= 0.6 is 15.9 Å². The highest BCUT2D eigenvalue weighted by Gasteiger charge is 2.30. The molecule has 2 rings (SSSR count). The molecule has 1 aliphatic heterocycles. The van der Waals surface area contributed by atoms with Gasteiger partial charge >= 0.3 is 5.97 Å². The average Bonchev–Trinajstić information content (AvgIpc) is 2.27. The average molecular weight is 325 g/mol. The lowest BCUT2D eigenvalue weighted by atomic mass is 9.87. The topological polar surface area (TPSA) is 46.5 Å². The minimum absolute atomic E-state index is 0.264. The molecule has 0 spiro atoms. The molecule has 1 aromatic rings. The Hall–Kier alpha value is -1.29. The van der Waals surface area contributed by atoms with E-state index in [4.69, 9.17) is 9.84 Å². The zero-order valence-corrected chi connectivity index (χ0v) is 13.0. The van der Waals surface area contributed by atoms with Gasteiger partial charge in [0, 0.05) is 5.56 Å². The molecule has 0 atom stereocenters. The summed E-state index contributed by atoms with van der Waals surface area (Å²) in [6.45, 7) is 8.18. The SMILES string of the molecule is CC(C)C1=CC(C)(C)Oc2c(Br)cc(C(=O)O)cc21. The van der Waals surface area contributed by atoms with Crippen molar-refractivity contribution in [2.24, 2.45) is 5.92 Å². The number of ether oxygens (including phenoxy) is 1. The number of fused-ring (bicyclic) bond motifs is 1. The first-order valence-electron chi connectivity index (χ1n) is 6.20. The molecule has 0 unspecified atom stereocenters. The van der Waals surface area contributed by atoms with Crippen molar-refractivity contribution in [3.8, 4) is 5.75 Å². The normalized spacial score (nSPS) is 16.6. The number of benzene rings is 1. The van der Waals surface area contributed by atoms with Crippen LogP contribution in [0.2, 0.25) is 0 Å². The maximum absolute atomic E-state index is 11.2. The lowest BCUT2D eigenvalue weighted by Gasteiger charge is -2.33. The fraction of sp³-hybridized carbons (Fsp3) is 0.400. The fourth-order valence-electron chi connectivity index (χ4n) is 2.26. The van der Waals surface area contributed by atoms with E-state index in [2.05, 4.69) is 35.9 Å². The summed E-state index contributed by atoms with van der Waals surface area (Å²) in [5, 5.41) is 9.16. The largest absolute Gasteiger partial charge is 0.482 e. The first kappa shape index (κ1) is 14.1. The third kappa shape index (κ3) is 2.68. The van der Waals surface area contributed by atoms with E-state index in [1.165, 1.54) is 0 Å². The van der Waals surface area contributed by atoms with Crippen LogP contribution in [0.3, 0.4) is 0 Å². The van der Waals surface area contributed by atoms with E-state index in [1.54, 1.807) is 12.1 Å². The molecule has 1 N–H and O–H groups in total. The van der Waals surface area contributed by atoms with E-state index >= 15 is 0 Å². The first-order chi connectivity index (χ1) is 8.71. The standard InChI is InChI=1S/C15H17BrO3/c1-8(2)11-7-15(3,4)19-13-10(11)5-9(14(17)18)6-12(13)16/h5-8H,1-4H3,(H,17,18). The second-order valence-electron chi connectivity index (χ2n) is 5.60. The van der Waals surface area contributed by atoms with E-state index in [0.29, 0.717) is 10.4 Å². The molecule has 0 fully saturated rings. The van der Waals surface area contributed by atoms with Crippen molar-refractivity contribution >= 4 is 27.5 Å². The molecule has 1 aromatic carbocycles. The lowest BCUT2D eigenvalue weighted by Crippen LogP contribution is -2.30. The van der Waals surface area contributed by atoms with E-state index in [0.717, 1.165) is 16.9 Å². The van der Waals surface area contributed by atoms with Gasteiger partial charge < -0.3 is 9.84 Å². The predicted octanol–water partition coefficient (Wildman–Crippen LogP) is 4.36. The second kappa shape index (κ2) is 4.67. The van der Waals surface area contributed by atoms with Crippen molar-refractivity contribution in [3.63, 3.8) is 0 Å². The third-order valence-electron chi connectivity index (χ3n) is 3.09. The van der Waals surface area contributed by atoms with Crippen LogP contribution in [0, 0.1) is 5.92 Å². The van der Waals surface area contributed by atoms with Crippen LogP contribution in [-0.4, -0.2) is 16.7 Å². The Morgan fingerprint density at radius 2 is 2.00 bits per heavy atom. The molecular formula is C15H17BrO3. The molecule has 0 aromatic heterocycles. The molecule has 0 amide bonds. The number of carboxylic acids is 1. The number of hydrogen-bond acceptors (Lipinski definition) is 2. The summed E-state index contributed by atoms with van der Waals surface area (Å²) in [6.07, 6.45) is 2.07. The highest BCUT2D eigenvalue weighted by atomic mass is 79.9. The zero-order chi connectivity index (χ0) is 14.4. The summed E-state index contributed by atoms with van der Waals surface area (Å²) in [5.41, 5.74) is 1.86. The van der Waals surface area contributed by atoms with Crippen molar-refractivity contribution in [1.29, 1.82) is 0 Å². The van der Waals surface area contributed by atoms with Gasteiger partial charge in [-0.1, -0.05) is 13.8 Å². The Balaban J connectivity index is 2.69. The Labute approximate surface area is 121 Å². The molecule has 0 saturated carbocycles. The molecule has 3 nitrogen and oxygen atoms in total. The van der Waals surface area contributed by atoms with Crippen LogP contribution in [0.25, 0.3) is 5.57 Å². The van der Waals surface area contributed by atoms with Crippen molar-refractivity contribution in [2.75, 3.05) is 0 Å². The molecule has 1 heterocycles. The Bertz CT molecular complexity index is 571. The summed E-state index contributed by atoms with van der Waals surface area (Å²) in [5.74, 6) is 0.0931. The number of carbonyl (C=O) groups is 1. The smallest absolute Gasteiger partial charge is 0.335 e. The summed E-state index contributed by atoms with van der Waals surface area (Å²) >= 11 is 3.41. The summed E-state index contributed by atoms with van der Waals surface area (Å²) in [7, 11) is 0. The Kier molecular flexibility index (Phi) is 3.47. The van der Waals surface area contributed by atoms with Crippen molar-refractivity contribution in [3.05, 3.63) is 33.8 Å². The Morgan fingerprint density at radius 3 is 2.53 bits per heavy atom. The van der Waals surface area contributed by atoms with Gasteiger partial charge in [-0.15, -0.1) is 0 Å². The van der Waals surface area contributed by atoms with Gasteiger partial charge in [0.15, 0.2) is 0 Å². The van der Waals surface area contributed by atoms with Crippen LogP contribution in [0.4, 0.5) is 0 Å². The predicted molar refractivity (Wildman–Crippen MR) is 78.6 cm³/mol. The van der Waals surface area contributed by atoms with Crippen molar-refractivity contribution < 1.29 is 14.6 Å². The molecular weight excluding hydrogens is 308 g/mol. The van der Waals surface area contributed by atoms with E-state index in [-0.39, 0.29) is 11.2 Å². The number of aromatic carboxylic acids is 1. The van der Waals surface area contributed by atoms with Gasteiger partial charge in [-0.2, -0.15) is 0 Å². The Morgan fingerprint density at radius 1 is 1.37 bits per heavy atom. The van der Waals surface area contributed by atoms with E-state index < -0.39 is 5.97 Å². The van der Waals surface area contributed by atoms with E-state index in [9.17, 15) is 4.79 Å². The maximum Gasteiger partial charge on any atom is 0.335 e. The minimum atomic E-state index is -0.934. The van der Waals surface area contributed by atoms with Crippen LogP contribution in [0.1, 0.15) is 43.6 Å². The third-order valence-corrected chi connectivity index (χ3v) is 3.68. The molecule has 0 bridgehead atoms. The summed E-state index contributed by atoms with van der Waals surface area (Å²) < 4.78 is 6.63. The van der Waals surface area contributed by atoms with Gasteiger partial charge in [-0.3, -0.25) is 0 Å². The van der Waals surface area contributed by atoms with Crippen LogP contribution < -0.4 is 4.74 Å². The summed E-state index contributed by atoms with van der Waals surface area (Å²) in [6, 6.07) is 3.27. The monoisotopic (exact) mass is 324 g/mol. The molecule has 0 radical (unpaired) electrons. The minimum Gasteiger partial charge on any atom is -0.482 e. The lowest BCUT2D eigenvalue weighted by molar-refractivity contribution is 0.0696. The molecule has 1 aliphatic rings. The van der Waals surface area contributed by atoms with Crippen molar-refractivity contribution in [1.82, 2.24) is 0 Å². The van der Waals surface area contributed by atoms with Gasteiger partial charge in [0.1, 0.15) is 11.4 Å². The highest BCUT2D eigenvalue weighted by molar-refractivity contribution is 9.10. The molecule has 19 heavy (non-hydrogen) atoms. The second-order valence-corrected chi connectivity index (χ2v) is 6.45. The van der Waals surface area contributed by atoms with E-state index in [1.807, 2.05) is 13.8 Å². The fourth-order valence-corrected chi connectivity index (χ4v) is 2.80. The molecule has 102 valence electrons. The molecule has 0 saturated heterocycles. The van der Waals surface area contributed by atoms with Gasteiger partial charge in [-0.05, 0) is 59.5 Å². The van der Waals surface area contributed by atoms with Gasteiger partial charge in [0.2, 0.25) is 0 Å². The van der Waals surface area contributed by atoms with Crippen LogP contribution in [0.15, 0.2) is 22.7 Å². The quantitative estimate of drug-likeness (QED) is 0.879. The number of carboxylic acid groups (broad SMARTS) is 1.